The molecule has 1 fully saturated rings. The predicted octanol–water partition coefficient (Wildman–Crippen LogP) is 3.61. The van der Waals surface area contributed by atoms with Crippen molar-refractivity contribution in [3.05, 3.63) is 33.5 Å². The van der Waals surface area contributed by atoms with Gasteiger partial charge in [0.1, 0.15) is 9.21 Å². The second-order valence-electron chi connectivity index (χ2n) is 8.34. The number of fused-ring (bicyclic) bond motifs is 1. The number of imide groups is 1. The van der Waals surface area contributed by atoms with E-state index < -0.39 is 27.9 Å². The van der Waals surface area contributed by atoms with Crippen LogP contribution in [0, 0.1) is 5.92 Å². The van der Waals surface area contributed by atoms with Gasteiger partial charge in [-0.25, -0.2) is 13.2 Å². The average Bonchev–Trinajstić information content (AvgIpc) is 3.43. The van der Waals surface area contributed by atoms with E-state index in [0.29, 0.717) is 36.4 Å². The summed E-state index contributed by atoms with van der Waals surface area (Å²) in [5.74, 6) is -1.47. The van der Waals surface area contributed by atoms with Gasteiger partial charge in [-0.3, -0.25) is 14.9 Å². The van der Waals surface area contributed by atoms with Crippen molar-refractivity contribution in [2.75, 3.05) is 25.5 Å². The molecule has 2 aliphatic rings. The highest BCUT2D eigenvalue weighted by Crippen LogP contribution is 2.38. The first kappa shape index (κ1) is 24.8. The van der Waals surface area contributed by atoms with Crippen molar-refractivity contribution in [3.63, 3.8) is 0 Å². The summed E-state index contributed by atoms with van der Waals surface area (Å²) in [7, 11) is -2.46. The Hall–Kier alpha value is -2.28. The molecule has 9 nitrogen and oxygen atoms in total. The average molecular weight is 526 g/mol. The summed E-state index contributed by atoms with van der Waals surface area (Å²) in [5.41, 5.74) is 1.17. The van der Waals surface area contributed by atoms with Crippen molar-refractivity contribution in [1.29, 1.82) is 0 Å². The number of piperidine rings is 1. The summed E-state index contributed by atoms with van der Waals surface area (Å²) in [6.07, 6.45) is 4.74. The van der Waals surface area contributed by atoms with E-state index in [1.165, 1.54) is 22.8 Å². The number of hydrogen-bond acceptors (Lipinski definition) is 8. The van der Waals surface area contributed by atoms with Gasteiger partial charge in [0.2, 0.25) is 5.91 Å². The normalized spacial score (nSPS) is 19.0. The van der Waals surface area contributed by atoms with Gasteiger partial charge in [-0.1, -0.05) is 12.5 Å². The molecule has 3 heterocycles. The Kier molecular flexibility index (Phi) is 7.70. The predicted molar refractivity (Wildman–Crippen MR) is 130 cm³/mol. The number of thiophene rings is 2. The fourth-order valence-electron chi connectivity index (χ4n) is 4.40. The number of ether oxygens (including phenoxy) is 1. The highest BCUT2D eigenvalue weighted by Gasteiger charge is 2.35. The number of anilines is 1. The zero-order valence-electron chi connectivity index (χ0n) is 18.8. The van der Waals surface area contributed by atoms with Crippen LogP contribution in [-0.4, -0.2) is 50.8 Å². The van der Waals surface area contributed by atoms with Crippen LogP contribution in [0.4, 0.5) is 9.80 Å². The quantitative estimate of drug-likeness (QED) is 0.575. The minimum absolute atomic E-state index is 0.0842. The summed E-state index contributed by atoms with van der Waals surface area (Å²) in [6, 6.07) is 3.25. The van der Waals surface area contributed by atoms with Crippen molar-refractivity contribution >= 4 is 55.6 Å². The number of rotatable bonds is 5. The van der Waals surface area contributed by atoms with Crippen molar-refractivity contribution < 1.29 is 27.5 Å². The molecule has 0 bridgehead atoms. The summed E-state index contributed by atoms with van der Waals surface area (Å²) in [5, 5.41) is 7.20. The maximum Gasteiger partial charge on any atom is 0.413 e. The molecule has 184 valence electrons. The second kappa shape index (κ2) is 10.5. The van der Waals surface area contributed by atoms with Crippen LogP contribution in [0.2, 0.25) is 0 Å². The molecular formula is C22H27N3O6S3. The van der Waals surface area contributed by atoms with Gasteiger partial charge in [0.25, 0.3) is 15.9 Å². The van der Waals surface area contributed by atoms with Crippen molar-refractivity contribution in [2.45, 2.75) is 49.2 Å². The van der Waals surface area contributed by atoms with Gasteiger partial charge < -0.3 is 10.1 Å². The third-order valence-corrected chi connectivity index (χ3v) is 10.6. The Morgan fingerprint density at radius 2 is 1.94 bits per heavy atom. The first-order valence-electron chi connectivity index (χ1n) is 11.2. The van der Waals surface area contributed by atoms with E-state index in [2.05, 4.69) is 15.4 Å². The van der Waals surface area contributed by atoms with Gasteiger partial charge in [-0.05, 0) is 55.5 Å². The van der Waals surface area contributed by atoms with E-state index in [9.17, 15) is 22.8 Å². The van der Waals surface area contributed by atoms with Crippen LogP contribution in [0.25, 0.3) is 0 Å². The summed E-state index contributed by atoms with van der Waals surface area (Å²) in [6.45, 7) is 0.449. The Bertz CT molecular complexity index is 1170. The SMILES string of the molecule is COC(=O)NC(=O)c1c(NC(=O)C2CCCN(S(=O)(=O)c3cccs3)C2)sc2c1CCCCC2. The molecule has 2 N–H and O–H groups in total. The molecule has 1 atom stereocenters. The number of carbonyl (C=O) groups excluding carboxylic acids is 3. The minimum atomic E-state index is -3.64. The summed E-state index contributed by atoms with van der Waals surface area (Å²) in [4.78, 5) is 38.8. The van der Waals surface area contributed by atoms with Crippen molar-refractivity contribution in [3.8, 4) is 0 Å². The van der Waals surface area contributed by atoms with E-state index in [-0.39, 0.29) is 16.7 Å². The number of carbonyl (C=O) groups is 3. The number of nitrogens with one attached hydrogen (secondary N) is 2. The Morgan fingerprint density at radius 3 is 2.68 bits per heavy atom. The zero-order chi connectivity index (χ0) is 24.3. The molecule has 1 aliphatic heterocycles. The Labute approximate surface area is 206 Å². The molecule has 12 heteroatoms. The number of sulfonamides is 1. The molecule has 1 aliphatic carbocycles. The van der Waals surface area contributed by atoms with Crippen LogP contribution in [0.5, 0.6) is 0 Å². The van der Waals surface area contributed by atoms with Crippen LogP contribution in [0.3, 0.4) is 0 Å². The molecule has 1 unspecified atom stereocenters. The zero-order valence-corrected chi connectivity index (χ0v) is 21.2. The van der Waals surface area contributed by atoms with E-state index in [1.54, 1.807) is 17.5 Å². The van der Waals surface area contributed by atoms with Crippen LogP contribution in [-0.2, 0) is 32.4 Å². The molecule has 4 rings (SSSR count). The number of aryl methyl sites for hydroxylation is 1. The lowest BCUT2D eigenvalue weighted by Crippen LogP contribution is -2.43. The molecule has 0 radical (unpaired) electrons. The lowest BCUT2D eigenvalue weighted by molar-refractivity contribution is -0.120. The summed E-state index contributed by atoms with van der Waals surface area (Å²) < 4.78 is 32.0. The topological polar surface area (TPSA) is 122 Å². The number of alkyl carbamates (subject to hydrolysis) is 1. The molecule has 0 saturated carbocycles. The molecule has 1 saturated heterocycles. The van der Waals surface area contributed by atoms with Gasteiger partial charge in [0.15, 0.2) is 0 Å². The second-order valence-corrected chi connectivity index (χ2v) is 12.6. The maximum atomic E-state index is 13.2. The number of nitrogens with zero attached hydrogens (tertiary/aromatic N) is 1. The first-order valence-corrected chi connectivity index (χ1v) is 14.3. The summed E-state index contributed by atoms with van der Waals surface area (Å²) >= 11 is 2.51. The maximum absolute atomic E-state index is 13.2. The van der Waals surface area contributed by atoms with Crippen LogP contribution < -0.4 is 10.6 Å². The highest BCUT2D eigenvalue weighted by atomic mass is 32.2. The molecule has 2 aromatic rings. The van der Waals surface area contributed by atoms with Crippen LogP contribution in [0.15, 0.2) is 21.7 Å². The monoisotopic (exact) mass is 525 g/mol. The van der Waals surface area contributed by atoms with Crippen LogP contribution >= 0.6 is 22.7 Å². The number of amides is 3. The molecule has 0 spiro atoms. The highest BCUT2D eigenvalue weighted by molar-refractivity contribution is 7.91. The van der Waals surface area contributed by atoms with E-state index >= 15 is 0 Å². The fourth-order valence-corrected chi connectivity index (χ4v) is 8.36. The number of methoxy groups -OCH3 is 1. The van der Waals surface area contributed by atoms with E-state index in [0.717, 1.165) is 47.5 Å². The van der Waals surface area contributed by atoms with Crippen molar-refractivity contribution in [1.82, 2.24) is 9.62 Å². The molecule has 2 aromatic heterocycles. The molecular weight excluding hydrogens is 498 g/mol. The van der Waals surface area contributed by atoms with E-state index in [1.807, 2.05) is 0 Å². The third kappa shape index (κ3) is 5.19. The van der Waals surface area contributed by atoms with E-state index in [4.69, 9.17) is 0 Å². The molecule has 0 aromatic carbocycles. The fraction of sp³-hybridized carbons (Fsp3) is 0.500. The van der Waals surface area contributed by atoms with Crippen molar-refractivity contribution in [2.24, 2.45) is 5.92 Å². The first-order chi connectivity index (χ1) is 16.3. The van der Waals surface area contributed by atoms with Crippen LogP contribution in [0.1, 0.15) is 52.9 Å². The lowest BCUT2D eigenvalue weighted by atomic mass is 9.98. The third-order valence-electron chi connectivity index (χ3n) is 6.13. The largest absolute Gasteiger partial charge is 0.453 e. The molecule has 3 amide bonds. The van der Waals surface area contributed by atoms with Gasteiger partial charge in [-0.2, -0.15) is 4.31 Å². The lowest BCUT2D eigenvalue weighted by Gasteiger charge is -2.30. The Balaban J connectivity index is 1.55. The smallest absolute Gasteiger partial charge is 0.413 e. The number of hydrogen-bond donors (Lipinski definition) is 2. The van der Waals surface area contributed by atoms with Gasteiger partial charge >= 0.3 is 6.09 Å². The van der Waals surface area contributed by atoms with Gasteiger partial charge in [-0.15, -0.1) is 22.7 Å². The Morgan fingerprint density at radius 1 is 1.15 bits per heavy atom. The minimum Gasteiger partial charge on any atom is -0.453 e. The van der Waals surface area contributed by atoms with Gasteiger partial charge in [0, 0.05) is 18.0 Å². The standard InChI is InChI=1S/C22H27N3O6S3/c1-31-22(28)24-20(27)18-15-8-3-2-4-9-16(15)33-21(18)23-19(26)14-7-5-11-25(13-14)34(29,30)17-10-6-12-32-17/h6,10,12,14H,2-5,7-9,11,13H2,1H3,(H,23,26)(H,24,27,28). The van der Waals surface area contributed by atoms with Gasteiger partial charge in [0.05, 0.1) is 18.6 Å². The molecule has 34 heavy (non-hydrogen) atoms.